The molecule has 0 saturated carbocycles. The Labute approximate surface area is 164 Å². The van der Waals surface area contributed by atoms with E-state index in [0.29, 0.717) is 30.1 Å². The van der Waals surface area contributed by atoms with E-state index in [0.717, 1.165) is 30.6 Å². The van der Waals surface area contributed by atoms with Crippen LogP contribution in [-0.4, -0.2) is 22.6 Å². The van der Waals surface area contributed by atoms with Gasteiger partial charge >= 0.3 is 0 Å². The second-order valence-electron chi connectivity index (χ2n) is 7.20. The molecule has 0 amide bonds. The lowest BCUT2D eigenvalue weighted by atomic mass is 9.91. The SMILES string of the molecule is COc1ccc(CN=C2Nc3nc(C)cc(=O)n3[C@@H]([C@@H]3CC=CCC3)N2)cc1. The van der Waals surface area contributed by atoms with E-state index in [9.17, 15) is 4.79 Å². The van der Waals surface area contributed by atoms with Gasteiger partial charge in [-0.25, -0.2) is 9.98 Å². The van der Waals surface area contributed by atoms with Gasteiger partial charge in [0.25, 0.3) is 5.56 Å². The molecule has 28 heavy (non-hydrogen) atoms. The topological polar surface area (TPSA) is 80.5 Å². The normalized spacial score (nSPS) is 22.3. The Morgan fingerprint density at radius 2 is 2.11 bits per heavy atom. The minimum absolute atomic E-state index is 0.0451. The first-order valence-corrected chi connectivity index (χ1v) is 9.60. The van der Waals surface area contributed by atoms with Crippen molar-refractivity contribution in [3.63, 3.8) is 0 Å². The molecule has 1 aliphatic heterocycles. The molecule has 2 heterocycles. The van der Waals surface area contributed by atoms with Gasteiger partial charge in [-0.15, -0.1) is 0 Å². The maximum absolute atomic E-state index is 12.7. The first-order chi connectivity index (χ1) is 13.6. The molecule has 0 spiro atoms. The van der Waals surface area contributed by atoms with Crippen LogP contribution >= 0.6 is 0 Å². The first kappa shape index (κ1) is 18.3. The van der Waals surface area contributed by atoms with Crippen molar-refractivity contribution in [1.82, 2.24) is 14.9 Å². The summed E-state index contributed by atoms with van der Waals surface area (Å²) in [6, 6.07) is 9.42. The van der Waals surface area contributed by atoms with Crippen LogP contribution in [0.5, 0.6) is 5.75 Å². The summed E-state index contributed by atoms with van der Waals surface area (Å²) in [6.45, 7) is 2.35. The molecule has 2 atom stereocenters. The fraction of sp³-hybridized carbons (Fsp3) is 0.381. The number of aryl methyl sites for hydroxylation is 1. The van der Waals surface area contributed by atoms with Crippen LogP contribution in [0.25, 0.3) is 0 Å². The van der Waals surface area contributed by atoms with Crippen LogP contribution in [0.4, 0.5) is 5.95 Å². The van der Waals surface area contributed by atoms with E-state index in [2.05, 4.69) is 27.8 Å². The number of allylic oxidation sites excluding steroid dienone is 2. The van der Waals surface area contributed by atoms with Gasteiger partial charge in [-0.05, 0) is 43.9 Å². The number of benzene rings is 1. The highest BCUT2D eigenvalue weighted by molar-refractivity contribution is 5.93. The van der Waals surface area contributed by atoms with Gasteiger partial charge in [-0.3, -0.25) is 14.7 Å². The third-order valence-electron chi connectivity index (χ3n) is 5.21. The number of anilines is 1. The third kappa shape index (κ3) is 3.78. The van der Waals surface area contributed by atoms with Gasteiger partial charge in [-0.2, -0.15) is 0 Å². The Morgan fingerprint density at radius 3 is 2.82 bits per heavy atom. The number of guanidine groups is 1. The number of aromatic nitrogens is 2. The van der Waals surface area contributed by atoms with Crippen LogP contribution in [0.3, 0.4) is 0 Å². The van der Waals surface area contributed by atoms with E-state index < -0.39 is 0 Å². The minimum Gasteiger partial charge on any atom is -0.497 e. The van der Waals surface area contributed by atoms with Crippen molar-refractivity contribution in [2.75, 3.05) is 12.4 Å². The molecule has 2 aromatic rings. The molecule has 7 heteroatoms. The van der Waals surface area contributed by atoms with Crippen LogP contribution in [0.1, 0.15) is 36.7 Å². The van der Waals surface area contributed by atoms with E-state index in [1.165, 1.54) is 0 Å². The summed E-state index contributed by atoms with van der Waals surface area (Å²) in [4.78, 5) is 21.9. The average molecular weight is 379 g/mol. The highest BCUT2D eigenvalue weighted by atomic mass is 16.5. The number of rotatable bonds is 4. The molecule has 146 valence electrons. The minimum atomic E-state index is -0.156. The van der Waals surface area contributed by atoms with Crippen LogP contribution < -0.4 is 20.9 Å². The second kappa shape index (κ2) is 7.88. The first-order valence-electron chi connectivity index (χ1n) is 9.60. The lowest BCUT2D eigenvalue weighted by molar-refractivity contribution is 0.276. The molecule has 2 aliphatic rings. The van der Waals surface area contributed by atoms with Crippen molar-refractivity contribution in [2.24, 2.45) is 10.9 Å². The number of ether oxygens (including phenoxy) is 1. The Hall–Kier alpha value is -3.09. The Balaban J connectivity index is 1.62. The van der Waals surface area contributed by atoms with Crippen LogP contribution in [0.2, 0.25) is 0 Å². The zero-order valence-corrected chi connectivity index (χ0v) is 16.2. The lowest BCUT2D eigenvalue weighted by Crippen LogP contribution is -2.50. The molecular formula is C21H25N5O2. The molecule has 2 N–H and O–H groups in total. The predicted octanol–water partition coefficient (Wildman–Crippen LogP) is 2.99. The van der Waals surface area contributed by atoms with Crippen LogP contribution in [0.15, 0.2) is 52.3 Å². The molecule has 0 unspecified atom stereocenters. The second-order valence-corrected chi connectivity index (χ2v) is 7.20. The highest BCUT2D eigenvalue weighted by Gasteiger charge is 2.31. The Bertz CT molecular complexity index is 962. The number of hydrogen-bond acceptors (Lipinski definition) is 4. The molecule has 4 rings (SSSR count). The van der Waals surface area contributed by atoms with Gasteiger partial charge < -0.3 is 10.1 Å². The van der Waals surface area contributed by atoms with E-state index in [-0.39, 0.29) is 11.7 Å². The summed E-state index contributed by atoms with van der Waals surface area (Å²) in [6.07, 6.45) is 7.23. The molecule has 1 aromatic carbocycles. The summed E-state index contributed by atoms with van der Waals surface area (Å²) >= 11 is 0. The number of fused-ring (bicyclic) bond motifs is 1. The predicted molar refractivity (Wildman–Crippen MR) is 110 cm³/mol. The fourth-order valence-electron chi connectivity index (χ4n) is 3.73. The molecule has 0 bridgehead atoms. The Morgan fingerprint density at radius 1 is 1.29 bits per heavy atom. The van der Waals surface area contributed by atoms with Crippen LogP contribution in [-0.2, 0) is 6.54 Å². The summed E-state index contributed by atoms with van der Waals surface area (Å²) < 4.78 is 6.93. The van der Waals surface area contributed by atoms with Crippen molar-refractivity contribution in [3.05, 3.63) is 64.1 Å². The molecule has 1 aromatic heterocycles. The summed E-state index contributed by atoms with van der Waals surface area (Å²) in [5.41, 5.74) is 1.73. The molecule has 0 saturated heterocycles. The molecule has 1 aliphatic carbocycles. The largest absolute Gasteiger partial charge is 0.497 e. The summed E-state index contributed by atoms with van der Waals surface area (Å²) in [7, 11) is 1.65. The van der Waals surface area contributed by atoms with Crippen LogP contribution in [0, 0.1) is 12.8 Å². The average Bonchev–Trinajstić information content (AvgIpc) is 2.72. The maximum atomic E-state index is 12.7. The smallest absolute Gasteiger partial charge is 0.256 e. The lowest BCUT2D eigenvalue weighted by Gasteiger charge is -2.36. The number of hydrogen-bond donors (Lipinski definition) is 2. The van der Waals surface area contributed by atoms with Gasteiger partial charge in [0, 0.05) is 17.7 Å². The van der Waals surface area contributed by atoms with Gasteiger partial charge in [0.2, 0.25) is 5.95 Å². The van der Waals surface area contributed by atoms with E-state index >= 15 is 0 Å². The summed E-state index contributed by atoms with van der Waals surface area (Å²) in [5.74, 6) is 2.34. The molecular weight excluding hydrogens is 354 g/mol. The molecule has 7 nitrogen and oxygen atoms in total. The fourth-order valence-corrected chi connectivity index (χ4v) is 3.73. The van der Waals surface area contributed by atoms with Crippen molar-refractivity contribution in [3.8, 4) is 5.75 Å². The van der Waals surface area contributed by atoms with E-state index in [1.54, 1.807) is 17.7 Å². The molecule has 0 radical (unpaired) electrons. The standard InChI is InChI=1S/C21H25N5O2/c1-14-12-18(27)26-19(16-6-4-3-5-7-16)24-20(25-21(26)23-14)22-13-15-8-10-17(28-2)11-9-15/h3-4,8-12,16,19H,5-7,13H2,1-2H3,(H2,22,23,24,25)/t16-,19+/m1/s1. The van der Waals surface area contributed by atoms with E-state index in [4.69, 9.17) is 9.73 Å². The van der Waals surface area contributed by atoms with Crippen molar-refractivity contribution in [2.45, 2.75) is 38.9 Å². The van der Waals surface area contributed by atoms with Gasteiger partial charge in [0.15, 0.2) is 5.96 Å². The van der Waals surface area contributed by atoms with Crippen molar-refractivity contribution < 1.29 is 4.74 Å². The highest BCUT2D eigenvalue weighted by Crippen LogP contribution is 2.30. The zero-order chi connectivity index (χ0) is 19.5. The number of aliphatic imine (C=N–C) groups is 1. The number of nitrogens with one attached hydrogen (secondary N) is 2. The van der Waals surface area contributed by atoms with Gasteiger partial charge in [0.1, 0.15) is 11.9 Å². The van der Waals surface area contributed by atoms with E-state index in [1.807, 2.05) is 31.2 Å². The summed E-state index contributed by atoms with van der Waals surface area (Å²) in [5, 5.41) is 6.62. The van der Waals surface area contributed by atoms with Gasteiger partial charge in [0.05, 0.1) is 13.7 Å². The van der Waals surface area contributed by atoms with Gasteiger partial charge in [-0.1, -0.05) is 24.3 Å². The monoisotopic (exact) mass is 379 g/mol. The molecule has 0 fully saturated rings. The maximum Gasteiger partial charge on any atom is 0.256 e. The number of methoxy groups -OCH3 is 1. The Kier molecular flexibility index (Phi) is 5.14. The van der Waals surface area contributed by atoms with Crippen molar-refractivity contribution in [1.29, 1.82) is 0 Å². The van der Waals surface area contributed by atoms with Crippen molar-refractivity contribution >= 4 is 11.9 Å². The quantitative estimate of drug-likeness (QED) is 0.799. The third-order valence-corrected chi connectivity index (χ3v) is 5.21. The number of nitrogens with zero attached hydrogens (tertiary/aromatic N) is 3. The zero-order valence-electron chi connectivity index (χ0n) is 16.2.